The van der Waals surface area contributed by atoms with Crippen molar-refractivity contribution < 1.29 is 9.72 Å². The van der Waals surface area contributed by atoms with Crippen molar-refractivity contribution in [3.63, 3.8) is 0 Å². The third-order valence-electron chi connectivity index (χ3n) is 3.18. The Bertz CT molecular complexity index is 856. The first-order chi connectivity index (χ1) is 10.6. The Kier molecular flexibility index (Phi) is 3.56. The molecule has 0 fully saturated rings. The van der Waals surface area contributed by atoms with E-state index in [0.29, 0.717) is 10.7 Å². The number of amides is 1. The minimum Gasteiger partial charge on any atom is -0.298 e. The smallest absolute Gasteiger partial charge is 0.285 e. The second kappa shape index (κ2) is 5.53. The average Bonchev–Trinajstić information content (AvgIpc) is 2.88. The van der Waals surface area contributed by atoms with Crippen molar-refractivity contribution in [1.29, 1.82) is 0 Å². The van der Waals surface area contributed by atoms with E-state index in [4.69, 9.17) is 0 Å². The first kappa shape index (κ1) is 14.2. The summed E-state index contributed by atoms with van der Waals surface area (Å²) in [6.45, 7) is 1.60. The number of hydrogen-bond donors (Lipinski definition) is 1. The molecule has 3 aromatic rings. The molecule has 1 amide bonds. The molecule has 0 spiro atoms. The lowest BCUT2D eigenvalue weighted by atomic mass is 10.1. The van der Waals surface area contributed by atoms with Crippen LogP contribution in [0, 0.1) is 17.0 Å². The van der Waals surface area contributed by atoms with Crippen LogP contribution < -0.4 is 5.32 Å². The van der Waals surface area contributed by atoms with Crippen molar-refractivity contribution in [1.82, 2.24) is 4.98 Å². The molecule has 22 heavy (non-hydrogen) atoms. The maximum Gasteiger partial charge on any atom is 0.285 e. The molecular weight excluding hydrogens is 302 g/mol. The topological polar surface area (TPSA) is 85.1 Å². The van der Waals surface area contributed by atoms with Gasteiger partial charge in [0.2, 0.25) is 0 Å². The molecule has 0 saturated carbocycles. The number of carbonyl (C=O) groups excluding carboxylic acids is 1. The number of nitro benzene ring substituents is 1. The maximum absolute atomic E-state index is 12.3. The lowest BCUT2D eigenvalue weighted by Gasteiger charge is -2.04. The van der Waals surface area contributed by atoms with E-state index in [1.165, 1.54) is 17.4 Å². The fourth-order valence-electron chi connectivity index (χ4n) is 2.17. The van der Waals surface area contributed by atoms with Gasteiger partial charge in [-0.25, -0.2) is 4.98 Å². The standard InChI is InChI=1S/C15H11N3O3S/c1-9-5-4-6-10(13(9)18(20)21)14(19)17-15-16-11-7-2-3-8-12(11)22-15/h2-8H,1H3,(H,16,17,19). The lowest BCUT2D eigenvalue weighted by Crippen LogP contribution is -2.14. The summed E-state index contributed by atoms with van der Waals surface area (Å²) in [6, 6.07) is 12.2. The van der Waals surface area contributed by atoms with E-state index < -0.39 is 10.8 Å². The van der Waals surface area contributed by atoms with Crippen molar-refractivity contribution in [2.45, 2.75) is 6.92 Å². The number of aryl methyl sites for hydroxylation is 1. The van der Waals surface area contributed by atoms with Crippen molar-refractivity contribution in [2.75, 3.05) is 5.32 Å². The van der Waals surface area contributed by atoms with Crippen LogP contribution in [0.25, 0.3) is 10.2 Å². The van der Waals surface area contributed by atoms with Crippen LogP contribution in [0.15, 0.2) is 42.5 Å². The lowest BCUT2D eigenvalue weighted by molar-refractivity contribution is -0.385. The van der Waals surface area contributed by atoms with Crippen LogP contribution in [0.3, 0.4) is 0 Å². The maximum atomic E-state index is 12.3. The average molecular weight is 313 g/mol. The summed E-state index contributed by atoms with van der Waals surface area (Å²) in [5, 5.41) is 14.2. The number of anilines is 1. The highest BCUT2D eigenvalue weighted by Gasteiger charge is 2.23. The number of benzene rings is 2. The van der Waals surface area contributed by atoms with Crippen LogP contribution in [0.5, 0.6) is 0 Å². The van der Waals surface area contributed by atoms with Crippen molar-refractivity contribution in [3.05, 3.63) is 63.7 Å². The number of nitrogens with zero attached hydrogens (tertiary/aromatic N) is 2. The molecule has 0 saturated heterocycles. The fraction of sp³-hybridized carbons (Fsp3) is 0.0667. The summed E-state index contributed by atoms with van der Waals surface area (Å²) in [4.78, 5) is 27.2. The van der Waals surface area contributed by atoms with E-state index in [2.05, 4.69) is 10.3 Å². The molecule has 0 aliphatic rings. The number of thiazole rings is 1. The Morgan fingerprint density at radius 1 is 1.23 bits per heavy atom. The molecule has 1 heterocycles. The van der Waals surface area contributed by atoms with Gasteiger partial charge in [0.1, 0.15) is 5.56 Å². The van der Waals surface area contributed by atoms with Gasteiger partial charge in [0.15, 0.2) is 5.13 Å². The summed E-state index contributed by atoms with van der Waals surface area (Å²) in [5.41, 5.74) is 1.08. The molecule has 0 aliphatic carbocycles. The Labute approximate surface area is 129 Å². The molecule has 2 aromatic carbocycles. The van der Waals surface area contributed by atoms with Gasteiger partial charge in [0, 0.05) is 5.56 Å². The van der Waals surface area contributed by atoms with Gasteiger partial charge in [-0.2, -0.15) is 0 Å². The molecular formula is C15H11N3O3S. The molecule has 6 nitrogen and oxygen atoms in total. The summed E-state index contributed by atoms with van der Waals surface area (Å²) < 4.78 is 0.941. The van der Waals surface area contributed by atoms with Crippen LogP contribution in [-0.2, 0) is 0 Å². The summed E-state index contributed by atoms with van der Waals surface area (Å²) in [5.74, 6) is -0.533. The van der Waals surface area contributed by atoms with Gasteiger partial charge in [-0.05, 0) is 25.1 Å². The van der Waals surface area contributed by atoms with Crippen LogP contribution in [0.1, 0.15) is 15.9 Å². The second-order valence-corrected chi connectivity index (χ2v) is 5.70. The van der Waals surface area contributed by atoms with Gasteiger partial charge in [-0.1, -0.05) is 35.6 Å². The van der Waals surface area contributed by atoms with Crippen LogP contribution >= 0.6 is 11.3 Å². The van der Waals surface area contributed by atoms with Gasteiger partial charge in [0.05, 0.1) is 15.1 Å². The highest BCUT2D eigenvalue weighted by Crippen LogP contribution is 2.28. The number of fused-ring (bicyclic) bond motifs is 1. The molecule has 0 bridgehead atoms. The summed E-state index contributed by atoms with van der Waals surface area (Å²) in [6.07, 6.45) is 0. The Balaban J connectivity index is 1.95. The Morgan fingerprint density at radius 2 is 2.00 bits per heavy atom. The molecule has 3 rings (SSSR count). The third-order valence-corrected chi connectivity index (χ3v) is 4.13. The SMILES string of the molecule is Cc1cccc(C(=O)Nc2nc3ccccc3s2)c1[N+](=O)[O-]. The predicted octanol–water partition coefficient (Wildman–Crippen LogP) is 3.77. The van der Waals surface area contributed by atoms with Gasteiger partial charge >= 0.3 is 0 Å². The van der Waals surface area contributed by atoms with Gasteiger partial charge < -0.3 is 0 Å². The van der Waals surface area contributed by atoms with E-state index in [-0.39, 0.29) is 11.3 Å². The molecule has 110 valence electrons. The number of carbonyl (C=O) groups is 1. The van der Waals surface area contributed by atoms with E-state index in [9.17, 15) is 14.9 Å². The number of para-hydroxylation sites is 2. The monoisotopic (exact) mass is 313 g/mol. The zero-order valence-corrected chi connectivity index (χ0v) is 12.4. The normalized spacial score (nSPS) is 10.6. The Hall–Kier alpha value is -2.80. The molecule has 1 aromatic heterocycles. The first-order valence-electron chi connectivity index (χ1n) is 6.47. The van der Waals surface area contributed by atoms with E-state index in [1.54, 1.807) is 19.1 Å². The molecule has 0 atom stereocenters. The zero-order chi connectivity index (χ0) is 15.7. The number of hydrogen-bond acceptors (Lipinski definition) is 5. The largest absolute Gasteiger partial charge is 0.298 e. The zero-order valence-electron chi connectivity index (χ0n) is 11.6. The van der Waals surface area contributed by atoms with E-state index in [1.807, 2.05) is 24.3 Å². The molecule has 7 heteroatoms. The van der Waals surface area contributed by atoms with Gasteiger partial charge in [-0.3, -0.25) is 20.2 Å². The molecule has 0 radical (unpaired) electrons. The minimum atomic E-state index is -0.539. The first-order valence-corrected chi connectivity index (χ1v) is 7.29. The highest BCUT2D eigenvalue weighted by atomic mass is 32.1. The second-order valence-electron chi connectivity index (χ2n) is 4.67. The van der Waals surface area contributed by atoms with Crippen molar-refractivity contribution in [2.24, 2.45) is 0 Å². The van der Waals surface area contributed by atoms with Gasteiger partial charge in [-0.15, -0.1) is 0 Å². The summed E-state index contributed by atoms with van der Waals surface area (Å²) in [7, 11) is 0. The van der Waals surface area contributed by atoms with Crippen LogP contribution in [-0.4, -0.2) is 15.8 Å². The Morgan fingerprint density at radius 3 is 2.73 bits per heavy atom. The van der Waals surface area contributed by atoms with E-state index in [0.717, 1.165) is 10.2 Å². The minimum absolute atomic E-state index is 0.0317. The molecule has 0 unspecified atom stereocenters. The quantitative estimate of drug-likeness (QED) is 0.589. The fourth-order valence-corrected chi connectivity index (χ4v) is 3.04. The van der Waals surface area contributed by atoms with Crippen LogP contribution in [0.2, 0.25) is 0 Å². The summed E-state index contributed by atoms with van der Waals surface area (Å²) >= 11 is 1.33. The van der Waals surface area contributed by atoms with Gasteiger partial charge in [0.25, 0.3) is 11.6 Å². The van der Waals surface area contributed by atoms with Crippen molar-refractivity contribution >= 4 is 38.3 Å². The van der Waals surface area contributed by atoms with Crippen molar-refractivity contribution in [3.8, 4) is 0 Å². The van der Waals surface area contributed by atoms with E-state index >= 15 is 0 Å². The highest BCUT2D eigenvalue weighted by molar-refractivity contribution is 7.22. The molecule has 0 aliphatic heterocycles. The number of nitro groups is 1. The number of nitrogens with one attached hydrogen (secondary N) is 1. The number of rotatable bonds is 3. The van der Waals surface area contributed by atoms with Crippen LogP contribution in [0.4, 0.5) is 10.8 Å². The third kappa shape index (κ3) is 2.53. The predicted molar refractivity (Wildman–Crippen MR) is 85.4 cm³/mol. The molecule has 1 N–H and O–H groups in total. The number of aromatic nitrogens is 1.